The third kappa shape index (κ3) is 6.07. The van der Waals surface area contributed by atoms with E-state index in [-0.39, 0.29) is 17.0 Å². The number of pyridine rings is 1. The number of fused-ring (bicyclic) bond motifs is 1. The number of anilines is 1. The summed E-state index contributed by atoms with van der Waals surface area (Å²) in [5.41, 5.74) is 1.86. The van der Waals surface area contributed by atoms with Crippen molar-refractivity contribution in [2.24, 2.45) is 0 Å². The van der Waals surface area contributed by atoms with Crippen molar-refractivity contribution < 1.29 is 27.5 Å². The molecule has 3 aromatic rings. The molecular weight excluding hydrogens is 502 g/mol. The maximum Gasteiger partial charge on any atom is 0.407 e. The summed E-state index contributed by atoms with van der Waals surface area (Å²) < 4.78 is 37.3. The zero-order valence-corrected chi connectivity index (χ0v) is 22.8. The molecule has 36 heavy (non-hydrogen) atoms. The highest BCUT2D eigenvalue weighted by atomic mass is 32.2. The van der Waals surface area contributed by atoms with E-state index in [0.29, 0.717) is 43.3 Å². The molecule has 1 unspecified atom stereocenters. The molecule has 1 aliphatic rings. The van der Waals surface area contributed by atoms with Crippen LogP contribution in [-0.4, -0.2) is 79.1 Å². The first-order valence-corrected chi connectivity index (χ1v) is 17.5. The van der Waals surface area contributed by atoms with Gasteiger partial charge < -0.3 is 29.0 Å². The first-order valence-electron chi connectivity index (χ1n) is 11.9. The monoisotopic (exact) mass is 535 g/mol. The van der Waals surface area contributed by atoms with Crippen molar-refractivity contribution in [3.8, 4) is 11.5 Å². The van der Waals surface area contributed by atoms with Crippen LogP contribution in [-0.2, 0) is 21.3 Å². The van der Waals surface area contributed by atoms with Gasteiger partial charge in [0.1, 0.15) is 12.4 Å². The van der Waals surface area contributed by atoms with Gasteiger partial charge in [-0.1, -0.05) is 19.6 Å². The molecule has 0 aliphatic carbocycles. The van der Waals surface area contributed by atoms with Gasteiger partial charge in [-0.25, -0.2) is 23.2 Å². The summed E-state index contributed by atoms with van der Waals surface area (Å²) in [5, 5.41) is 13.5. The Balaban J connectivity index is 1.68. The molecule has 4 heterocycles. The lowest BCUT2D eigenvalue weighted by molar-refractivity contribution is 0.0899. The molecule has 1 aliphatic heterocycles. The quantitative estimate of drug-likeness (QED) is 0.308. The number of amides is 1. The normalized spacial score (nSPS) is 17.0. The fraction of sp³-hybridized carbons (Fsp3) is 0.522. The van der Waals surface area contributed by atoms with Crippen LogP contribution in [0.1, 0.15) is 12.8 Å². The first-order chi connectivity index (χ1) is 16.9. The molecule has 3 aromatic heterocycles. The van der Waals surface area contributed by atoms with Gasteiger partial charge in [0.15, 0.2) is 0 Å². The molecule has 1 atom stereocenters. The number of piperidine rings is 1. The molecule has 13 heteroatoms. The molecule has 1 saturated heterocycles. The minimum Gasteiger partial charge on any atom is -0.465 e. The summed E-state index contributed by atoms with van der Waals surface area (Å²) in [6.07, 6.45) is 6.30. The lowest BCUT2D eigenvalue weighted by Crippen LogP contribution is -2.44. The van der Waals surface area contributed by atoms with Gasteiger partial charge in [0.25, 0.3) is 0 Å². The molecule has 0 bridgehead atoms. The molecular formula is C23H33N5O6SSi. The molecule has 0 aromatic carbocycles. The number of sulfone groups is 1. The highest BCUT2D eigenvalue weighted by Crippen LogP contribution is 2.35. The highest BCUT2D eigenvalue weighted by molar-refractivity contribution is 7.90. The summed E-state index contributed by atoms with van der Waals surface area (Å²) in [6, 6.07) is 2.83. The molecule has 0 radical (unpaired) electrons. The first kappa shape index (κ1) is 26.2. The number of rotatable bonds is 9. The van der Waals surface area contributed by atoms with E-state index >= 15 is 0 Å². The summed E-state index contributed by atoms with van der Waals surface area (Å²) in [4.78, 5) is 21.7. The smallest absolute Gasteiger partial charge is 0.407 e. The molecule has 1 fully saturated rings. The summed E-state index contributed by atoms with van der Waals surface area (Å²) >= 11 is 0. The molecule has 2 N–H and O–H groups in total. The lowest BCUT2D eigenvalue weighted by atomic mass is 10.0. The van der Waals surface area contributed by atoms with Crippen molar-refractivity contribution in [3.63, 3.8) is 0 Å². The van der Waals surface area contributed by atoms with Gasteiger partial charge >= 0.3 is 6.09 Å². The Bertz CT molecular complexity index is 1350. The van der Waals surface area contributed by atoms with Crippen LogP contribution in [0.4, 0.5) is 10.5 Å². The maximum atomic E-state index is 11.9. The van der Waals surface area contributed by atoms with Crippen LogP contribution in [0.3, 0.4) is 0 Å². The second kappa shape index (κ2) is 10.2. The van der Waals surface area contributed by atoms with Crippen LogP contribution in [0.5, 0.6) is 0 Å². The van der Waals surface area contributed by atoms with Crippen LogP contribution in [0.2, 0.25) is 25.7 Å². The van der Waals surface area contributed by atoms with Crippen molar-refractivity contribution in [2.45, 2.75) is 56.4 Å². The van der Waals surface area contributed by atoms with Gasteiger partial charge in [-0.3, -0.25) is 0 Å². The van der Waals surface area contributed by atoms with Crippen LogP contribution in [0.15, 0.2) is 34.2 Å². The van der Waals surface area contributed by atoms with Crippen molar-refractivity contribution in [3.05, 3.63) is 24.7 Å². The van der Waals surface area contributed by atoms with E-state index in [4.69, 9.17) is 9.15 Å². The fourth-order valence-electron chi connectivity index (χ4n) is 4.13. The summed E-state index contributed by atoms with van der Waals surface area (Å²) in [6.45, 7) is 8.77. The molecule has 196 valence electrons. The Hall–Kier alpha value is -2.90. The van der Waals surface area contributed by atoms with E-state index in [2.05, 4.69) is 34.9 Å². The number of oxazole rings is 1. The number of nitrogens with zero attached hydrogens (tertiary/aromatic N) is 4. The van der Waals surface area contributed by atoms with E-state index in [0.717, 1.165) is 30.5 Å². The van der Waals surface area contributed by atoms with E-state index in [1.807, 2.05) is 16.8 Å². The Morgan fingerprint density at radius 2 is 2.08 bits per heavy atom. The van der Waals surface area contributed by atoms with Gasteiger partial charge in [0.05, 0.1) is 17.4 Å². The Labute approximate surface area is 211 Å². The third-order valence-electron chi connectivity index (χ3n) is 6.14. The van der Waals surface area contributed by atoms with Crippen LogP contribution in [0, 0.1) is 0 Å². The highest BCUT2D eigenvalue weighted by Gasteiger charge is 2.26. The standard InChI is InChI=1S/C23H33N5O6SSi/c1-35(31,32)19-13-25-22(34-19)18-12-24-21-17(7-9-28(21)15-33-10-11-36(2,3)4)20(18)26-16-6-5-8-27(14-16)23(29)30/h7,9,12-13,16H,5-6,8,10-11,14-15H2,1-4H3,(H,24,26)(H,29,30). The zero-order chi connectivity index (χ0) is 26.1. The second-order valence-corrected chi connectivity index (χ2v) is 18.0. The molecule has 1 amide bonds. The van der Waals surface area contributed by atoms with Crippen LogP contribution >= 0.6 is 0 Å². The number of aromatic nitrogens is 3. The SMILES string of the molecule is C[Si](C)(C)CCOCn1ccc2c(NC3CCCN(C(=O)O)C3)c(-c3ncc(S(C)(=O)=O)o3)cnc21. The second-order valence-electron chi connectivity index (χ2n) is 10.4. The van der Waals surface area contributed by atoms with Gasteiger partial charge in [0, 0.05) is 57.8 Å². The van der Waals surface area contributed by atoms with E-state index in [9.17, 15) is 18.3 Å². The van der Waals surface area contributed by atoms with Gasteiger partial charge in [-0.2, -0.15) is 0 Å². The average molecular weight is 536 g/mol. The number of carboxylic acid groups (broad SMARTS) is 1. The topological polar surface area (TPSA) is 140 Å². The van der Waals surface area contributed by atoms with Crippen LogP contribution in [0.25, 0.3) is 22.5 Å². The predicted octanol–water partition coefficient (Wildman–Crippen LogP) is 3.96. The Morgan fingerprint density at radius 3 is 2.75 bits per heavy atom. The average Bonchev–Trinajstić information content (AvgIpc) is 3.44. The predicted molar refractivity (Wildman–Crippen MR) is 139 cm³/mol. The minimum absolute atomic E-state index is 0.123. The molecule has 0 saturated carbocycles. The fourth-order valence-corrected chi connectivity index (χ4v) is 5.36. The largest absolute Gasteiger partial charge is 0.465 e. The summed E-state index contributed by atoms with van der Waals surface area (Å²) in [5.74, 6) is 0.123. The minimum atomic E-state index is -3.57. The Kier molecular flexibility index (Phi) is 7.43. The van der Waals surface area contributed by atoms with Gasteiger partial charge in [-0.05, 0) is 25.0 Å². The number of ether oxygens (including phenoxy) is 1. The number of hydrogen-bond acceptors (Lipinski definition) is 8. The molecule has 0 spiro atoms. The number of hydrogen-bond donors (Lipinski definition) is 2. The molecule has 4 rings (SSSR count). The van der Waals surface area contributed by atoms with Crippen molar-refractivity contribution in [2.75, 3.05) is 31.3 Å². The van der Waals surface area contributed by atoms with E-state index in [1.165, 1.54) is 11.1 Å². The zero-order valence-electron chi connectivity index (χ0n) is 21.0. The summed E-state index contributed by atoms with van der Waals surface area (Å²) in [7, 11) is -4.77. The van der Waals surface area contributed by atoms with E-state index < -0.39 is 24.0 Å². The maximum absolute atomic E-state index is 11.9. The van der Waals surface area contributed by atoms with Gasteiger partial charge in [-0.15, -0.1) is 0 Å². The molecule has 11 nitrogen and oxygen atoms in total. The third-order valence-corrected chi connectivity index (χ3v) is 8.76. The lowest BCUT2D eigenvalue weighted by Gasteiger charge is -2.32. The van der Waals surface area contributed by atoms with Crippen molar-refractivity contribution >= 4 is 40.7 Å². The van der Waals surface area contributed by atoms with Crippen LogP contribution < -0.4 is 5.32 Å². The van der Waals surface area contributed by atoms with Crippen molar-refractivity contribution in [1.29, 1.82) is 0 Å². The van der Waals surface area contributed by atoms with Gasteiger partial charge in [0.2, 0.25) is 20.8 Å². The number of carbonyl (C=O) groups is 1. The Morgan fingerprint density at radius 1 is 1.31 bits per heavy atom. The van der Waals surface area contributed by atoms with Crippen molar-refractivity contribution in [1.82, 2.24) is 19.4 Å². The number of nitrogens with one attached hydrogen (secondary N) is 1. The number of likely N-dealkylation sites (tertiary alicyclic amines) is 1. The van der Waals surface area contributed by atoms with E-state index in [1.54, 1.807) is 6.20 Å².